The number of ketones is 2. The first-order valence-electron chi connectivity index (χ1n) is 12.4. The van der Waals surface area contributed by atoms with Gasteiger partial charge in [0.15, 0.2) is 5.78 Å². The van der Waals surface area contributed by atoms with Crippen molar-refractivity contribution >= 4 is 17.5 Å². The highest BCUT2D eigenvalue weighted by Gasteiger charge is 2.52. The summed E-state index contributed by atoms with van der Waals surface area (Å²) >= 11 is 0. The highest BCUT2D eigenvalue weighted by Crippen LogP contribution is 2.43. The number of likely N-dealkylation sites (tertiary alicyclic amines) is 1. The maximum atomic E-state index is 13.8. The molecule has 0 N–H and O–H groups in total. The van der Waals surface area contributed by atoms with Gasteiger partial charge in [0.25, 0.3) is 5.91 Å². The number of hydrogen-bond acceptors (Lipinski definition) is 8. The normalized spacial score (nSPS) is 20.3. The van der Waals surface area contributed by atoms with E-state index in [1.165, 1.54) is 12.0 Å². The smallest absolute Gasteiger partial charge is 0.291 e. The first-order chi connectivity index (χ1) is 17.9. The lowest BCUT2D eigenvalue weighted by Crippen LogP contribution is -2.39. The molecule has 2 unspecified atom stereocenters. The second-order valence-corrected chi connectivity index (χ2v) is 9.25. The number of benzene rings is 2. The van der Waals surface area contributed by atoms with Crippen LogP contribution in [0.15, 0.2) is 36.4 Å². The molecule has 2 aromatic carbocycles. The van der Waals surface area contributed by atoms with Gasteiger partial charge in [0.1, 0.15) is 23.2 Å². The molecule has 2 aliphatic rings. The Balaban J connectivity index is 1.69. The van der Waals surface area contributed by atoms with Crippen LogP contribution in [0, 0.1) is 12.8 Å². The Kier molecular flexibility index (Phi) is 8.45. The van der Waals surface area contributed by atoms with E-state index in [-0.39, 0.29) is 0 Å². The summed E-state index contributed by atoms with van der Waals surface area (Å²) in [4.78, 5) is 44.3. The Labute approximate surface area is 217 Å². The average Bonchev–Trinajstić information content (AvgIpc) is 3.17. The van der Waals surface area contributed by atoms with Crippen molar-refractivity contribution in [3.63, 3.8) is 0 Å². The van der Waals surface area contributed by atoms with Crippen molar-refractivity contribution in [1.29, 1.82) is 0 Å². The van der Waals surface area contributed by atoms with Crippen molar-refractivity contribution in [2.24, 2.45) is 5.92 Å². The van der Waals surface area contributed by atoms with Crippen LogP contribution in [0.3, 0.4) is 0 Å². The molecule has 198 valence electrons. The van der Waals surface area contributed by atoms with Crippen LogP contribution in [0.2, 0.25) is 0 Å². The van der Waals surface area contributed by atoms with Gasteiger partial charge >= 0.3 is 0 Å². The van der Waals surface area contributed by atoms with E-state index in [1.807, 2.05) is 6.92 Å². The summed E-state index contributed by atoms with van der Waals surface area (Å²) in [6, 6.07) is 9.46. The fourth-order valence-corrected chi connectivity index (χ4v) is 5.14. The van der Waals surface area contributed by atoms with Crippen LogP contribution in [0.5, 0.6) is 17.2 Å². The minimum Gasteiger partial charge on any atom is -0.497 e. The zero-order valence-electron chi connectivity index (χ0n) is 21.8. The van der Waals surface area contributed by atoms with Crippen LogP contribution < -0.4 is 14.2 Å². The molecule has 0 aliphatic carbocycles. The van der Waals surface area contributed by atoms with Crippen molar-refractivity contribution in [2.45, 2.75) is 19.4 Å². The third kappa shape index (κ3) is 5.47. The molecule has 9 heteroatoms. The lowest BCUT2D eigenvalue weighted by molar-refractivity contribution is -0.140. The van der Waals surface area contributed by atoms with Crippen molar-refractivity contribution in [3.05, 3.63) is 53.1 Å². The van der Waals surface area contributed by atoms with Gasteiger partial charge in [-0.05, 0) is 49.2 Å². The number of morpholine rings is 1. The van der Waals surface area contributed by atoms with Crippen molar-refractivity contribution in [2.75, 3.05) is 60.7 Å². The molecule has 0 aromatic heterocycles. The molecule has 1 amide bonds. The van der Waals surface area contributed by atoms with Crippen LogP contribution >= 0.6 is 0 Å². The highest BCUT2D eigenvalue weighted by atomic mass is 16.5. The van der Waals surface area contributed by atoms with Crippen LogP contribution in [-0.2, 0) is 14.3 Å². The van der Waals surface area contributed by atoms with E-state index in [2.05, 4.69) is 4.90 Å². The maximum Gasteiger partial charge on any atom is 0.291 e. The number of Topliss-reactive ketones (excluding diaryl/α,β-unsaturated/α-hetero) is 2. The number of carbonyl (C=O) groups is 3. The van der Waals surface area contributed by atoms with Crippen LogP contribution in [0.4, 0.5) is 0 Å². The van der Waals surface area contributed by atoms with Gasteiger partial charge in [-0.15, -0.1) is 0 Å². The lowest BCUT2D eigenvalue weighted by Gasteiger charge is -2.30. The van der Waals surface area contributed by atoms with E-state index in [0.717, 1.165) is 25.2 Å². The number of ether oxygens (including phenoxy) is 4. The Morgan fingerprint density at radius 1 is 0.946 bits per heavy atom. The second-order valence-electron chi connectivity index (χ2n) is 9.25. The number of rotatable bonds is 10. The number of amides is 1. The van der Waals surface area contributed by atoms with E-state index in [0.29, 0.717) is 54.6 Å². The van der Waals surface area contributed by atoms with E-state index in [1.54, 1.807) is 50.6 Å². The van der Waals surface area contributed by atoms with Crippen molar-refractivity contribution in [3.8, 4) is 17.2 Å². The van der Waals surface area contributed by atoms with Crippen LogP contribution in [0.1, 0.15) is 33.9 Å². The van der Waals surface area contributed by atoms with Gasteiger partial charge < -0.3 is 23.8 Å². The largest absolute Gasteiger partial charge is 0.497 e. The van der Waals surface area contributed by atoms with Gasteiger partial charge in [0.05, 0.1) is 40.6 Å². The monoisotopic (exact) mass is 510 g/mol. The first kappa shape index (κ1) is 26.6. The molecule has 4 rings (SSSR count). The zero-order valence-corrected chi connectivity index (χ0v) is 21.8. The van der Waals surface area contributed by atoms with E-state index < -0.39 is 29.4 Å². The molecule has 2 aliphatic heterocycles. The molecular weight excluding hydrogens is 476 g/mol. The Bertz CT molecular complexity index is 1160. The molecule has 0 spiro atoms. The number of nitrogens with zero attached hydrogens (tertiary/aromatic N) is 2. The SMILES string of the molecule is COc1ccc(C2C(C(=O)c3ccc(OC)c(C)c3)C(=O)C(=O)N2CCCN2CCOCC2)c(OC)c1. The fraction of sp³-hybridized carbons (Fsp3) is 0.464. The van der Waals surface area contributed by atoms with Gasteiger partial charge in [0.2, 0.25) is 5.78 Å². The molecule has 2 aromatic rings. The summed E-state index contributed by atoms with van der Waals surface area (Å²) in [6.07, 6.45) is 0.663. The Morgan fingerprint density at radius 2 is 1.68 bits per heavy atom. The summed E-state index contributed by atoms with van der Waals surface area (Å²) in [7, 11) is 4.63. The predicted molar refractivity (Wildman–Crippen MR) is 136 cm³/mol. The van der Waals surface area contributed by atoms with Gasteiger partial charge in [0, 0.05) is 43.4 Å². The summed E-state index contributed by atoms with van der Waals surface area (Å²) in [5.41, 5.74) is 1.72. The summed E-state index contributed by atoms with van der Waals surface area (Å²) in [5.74, 6) is -1.27. The average molecular weight is 511 g/mol. The molecule has 2 fully saturated rings. The van der Waals surface area contributed by atoms with Crippen molar-refractivity contribution in [1.82, 2.24) is 9.80 Å². The molecule has 2 heterocycles. The lowest BCUT2D eigenvalue weighted by atomic mass is 9.85. The topological polar surface area (TPSA) is 94.6 Å². The number of carbonyl (C=O) groups excluding carboxylic acids is 3. The third-order valence-electron chi connectivity index (χ3n) is 7.10. The number of hydrogen-bond donors (Lipinski definition) is 0. The molecule has 2 atom stereocenters. The zero-order chi connectivity index (χ0) is 26.5. The molecule has 0 saturated carbocycles. The standard InChI is InChI=1S/C28H34N2O7/c1-18-16-19(6-9-22(18)35-3)26(31)24-25(21-8-7-20(34-2)17-23(21)36-4)30(28(33)27(24)32)11-5-10-29-12-14-37-15-13-29/h6-9,16-17,24-25H,5,10-15H2,1-4H3. The molecule has 0 radical (unpaired) electrons. The number of methoxy groups -OCH3 is 3. The summed E-state index contributed by atoms with van der Waals surface area (Å²) < 4.78 is 21.7. The minimum absolute atomic E-state index is 0.340. The maximum absolute atomic E-state index is 13.8. The summed E-state index contributed by atoms with van der Waals surface area (Å²) in [5, 5.41) is 0. The molecule has 9 nitrogen and oxygen atoms in total. The van der Waals surface area contributed by atoms with Gasteiger partial charge in [-0.2, -0.15) is 0 Å². The first-order valence-corrected chi connectivity index (χ1v) is 12.4. The number of aryl methyl sites for hydroxylation is 1. The minimum atomic E-state index is -1.19. The molecular formula is C28H34N2O7. The molecule has 0 bridgehead atoms. The van der Waals surface area contributed by atoms with E-state index >= 15 is 0 Å². The van der Waals surface area contributed by atoms with Crippen LogP contribution in [0.25, 0.3) is 0 Å². The second kappa shape index (κ2) is 11.7. The summed E-state index contributed by atoms with van der Waals surface area (Å²) in [6.45, 7) is 5.98. The van der Waals surface area contributed by atoms with E-state index in [9.17, 15) is 14.4 Å². The van der Waals surface area contributed by atoms with Crippen LogP contribution in [-0.4, -0.2) is 88.0 Å². The van der Waals surface area contributed by atoms with Gasteiger partial charge in [-0.1, -0.05) is 0 Å². The highest BCUT2D eigenvalue weighted by molar-refractivity contribution is 6.44. The quantitative estimate of drug-likeness (QED) is 0.274. The van der Waals surface area contributed by atoms with Crippen molar-refractivity contribution < 1.29 is 33.3 Å². The van der Waals surface area contributed by atoms with E-state index in [4.69, 9.17) is 18.9 Å². The van der Waals surface area contributed by atoms with Gasteiger partial charge in [-0.25, -0.2) is 0 Å². The molecule has 37 heavy (non-hydrogen) atoms. The fourth-order valence-electron chi connectivity index (χ4n) is 5.14. The third-order valence-corrected chi connectivity index (χ3v) is 7.10. The predicted octanol–water partition coefficient (Wildman–Crippen LogP) is 2.69. The molecule has 2 saturated heterocycles. The Morgan fingerprint density at radius 3 is 2.32 bits per heavy atom. The van der Waals surface area contributed by atoms with Gasteiger partial charge in [-0.3, -0.25) is 19.3 Å². The Hall–Kier alpha value is -3.43.